The maximum absolute atomic E-state index is 6.23. The van der Waals surface area contributed by atoms with Gasteiger partial charge in [0.05, 0.1) is 13.2 Å². The second kappa shape index (κ2) is 13.2. The van der Waals surface area contributed by atoms with Crippen molar-refractivity contribution in [1.29, 1.82) is 0 Å². The van der Waals surface area contributed by atoms with E-state index in [-0.39, 0.29) is 17.1 Å². The van der Waals surface area contributed by atoms with Crippen molar-refractivity contribution in [3.8, 4) is 0 Å². The van der Waals surface area contributed by atoms with E-state index in [0.29, 0.717) is 0 Å². The molecule has 0 saturated carbocycles. The Kier molecular flexibility index (Phi) is 12.1. The molecule has 0 unspecified atom stereocenters. The number of unbranched alkanes of at least 4 members (excludes halogenated alkanes) is 10. The van der Waals surface area contributed by atoms with Crippen molar-refractivity contribution >= 4 is 0 Å². The summed E-state index contributed by atoms with van der Waals surface area (Å²) in [5.74, 6) is 0. The van der Waals surface area contributed by atoms with E-state index < -0.39 is 0 Å². The van der Waals surface area contributed by atoms with E-state index in [9.17, 15) is 0 Å². The number of ether oxygens (including phenoxy) is 2. The Balaban J connectivity index is 2.40. The molecule has 0 aromatic carbocycles. The fraction of sp³-hybridized carbons (Fsp3) is 1.00. The van der Waals surface area contributed by atoms with Gasteiger partial charge in [-0.3, -0.25) is 0 Å². The highest BCUT2D eigenvalue weighted by Gasteiger charge is 2.39. The van der Waals surface area contributed by atoms with Gasteiger partial charge in [0, 0.05) is 10.8 Å². The van der Waals surface area contributed by atoms with Gasteiger partial charge in [-0.15, -0.1) is 0 Å². The Bertz CT molecular complexity index is 306. The van der Waals surface area contributed by atoms with Crippen LogP contribution in [0.5, 0.6) is 0 Å². The van der Waals surface area contributed by atoms with E-state index >= 15 is 0 Å². The average Bonchev–Trinajstić information content (AvgIpc) is 2.61. The van der Waals surface area contributed by atoms with Gasteiger partial charge in [-0.1, -0.05) is 112 Å². The third-order valence-corrected chi connectivity index (χ3v) is 5.91. The predicted octanol–water partition coefficient (Wildman–Crippen LogP) is 7.89. The number of rotatable bonds is 14. The first-order valence-electron chi connectivity index (χ1n) is 11.7. The third kappa shape index (κ3) is 9.74. The summed E-state index contributed by atoms with van der Waals surface area (Å²) in [4.78, 5) is 0. The van der Waals surface area contributed by atoms with Crippen LogP contribution in [0.2, 0.25) is 0 Å². The first-order chi connectivity index (χ1) is 12.4. The van der Waals surface area contributed by atoms with Gasteiger partial charge in [0.25, 0.3) is 0 Å². The highest BCUT2D eigenvalue weighted by atomic mass is 16.7. The van der Waals surface area contributed by atoms with E-state index in [1.165, 1.54) is 89.9 Å². The van der Waals surface area contributed by atoms with Gasteiger partial charge in [-0.05, 0) is 12.8 Å². The minimum absolute atomic E-state index is 0.0373. The summed E-state index contributed by atoms with van der Waals surface area (Å²) < 4.78 is 12.5. The molecule has 0 N–H and O–H groups in total. The summed E-state index contributed by atoms with van der Waals surface area (Å²) in [6.45, 7) is 13.0. The molecule has 0 atom stereocenters. The van der Waals surface area contributed by atoms with Crippen LogP contribution in [-0.4, -0.2) is 19.5 Å². The molecule has 156 valence electrons. The van der Waals surface area contributed by atoms with Crippen LogP contribution in [0, 0.1) is 10.8 Å². The minimum atomic E-state index is -0.0373. The van der Waals surface area contributed by atoms with Crippen LogP contribution in [0.3, 0.4) is 0 Å². The zero-order valence-electron chi connectivity index (χ0n) is 18.7. The largest absolute Gasteiger partial charge is 0.351 e. The van der Waals surface area contributed by atoms with E-state index in [2.05, 4.69) is 34.6 Å². The monoisotopic (exact) mass is 368 g/mol. The normalized spacial score (nSPS) is 18.3. The van der Waals surface area contributed by atoms with Crippen LogP contribution in [0.15, 0.2) is 0 Å². The lowest BCUT2D eigenvalue weighted by Gasteiger charge is -2.44. The van der Waals surface area contributed by atoms with E-state index in [1.807, 2.05) is 0 Å². The summed E-state index contributed by atoms with van der Waals surface area (Å²) in [5, 5.41) is 0. The topological polar surface area (TPSA) is 18.5 Å². The molecule has 1 fully saturated rings. The van der Waals surface area contributed by atoms with Gasteiger partial charge in [0.1, 0.15) is 0 Å². The first-order valence-corrected chi connectivity index (χ1v) is 11.7. The second-order valence-electron chi connectivity index (χ2n) is 9.86. The van der Waals surface area contributed by atoms with Crippen LogP contribution in [-0.2, 0) is 9.47 Å². The third-order valence-electron chi connectivity index (χ3n) is 5.91. The summed E-state index contributed by atoms with van der Waals surface area (Å²) in [5.41, 5.74) is 0.351. The average molecular weight is 369 g/mol. The molecule has 0 amide bonds. The molecular formula is C24H48O2. The lowest BCUT2D eigenvalue weighted by atomic mass is 9.78. The molecule has 0 aliphatic carbocycles. The smallest absolute Gasteiger partial charge is 0.162 e. The van der Waals surface area contributed by atoms with Gasteiger partial charge >= 0.3 is 0 Å². The molecule has 2 nitrogen and oxygen atoms in total. The first kappa shape index (κ1) is 24.0. The van der Waals surface area contributed by atoms with Crippen molar-refractivity contribution in [1.82, 2.24) is 0 Å². The van der Waals surface area contributed by atoms with Gasteiger partial charge in [-0.25, -0.2) is 0 Å². The second-order valence-corrected chi connectivity index (χ2v) is 9.86. The van der Waals surface area contributed by atoms with Crippen LogP contribution in [0.1, 0.15) is 125 Å². The fourth-order valence-corrected chi connectivity index (χ4v) is 4.07. The number of hydrogen-bond donors (Lipinski definition) is 0. The van der Waals surface area contributed by atoms with Crippen LogP contribution in [0.4, 0.5) is 0 Å². The van der Waals surface area contributed by atoms with Crippen molar-refractivity contribution < 1.29 is 9.47 Å². The molecule has 1 saturated heterocycles. The van der Waals surface area contributed by atoms with Gasteiger partial charge in [0.2, 0.25) is 0 Å². The quantitative estimate of drug-likeness (QED) is 0.290. The predicted molar refractivity (Wildman–Crippen MR) is 114 cm³/mol. The SMILES string of the molecule is CCCCCCCCC1(CCCCCCCC)COC(C(C)(C)C)OC1. The van der Waals surface area contributed by atoms with E-state index in [4.69, 9.17) is 9.47 Å². The summed E-state index contributed by atoms with van der Waals surface area (Å²) in [6.07, 6.45) is 19.0. The zero-order chi connectivity index (χ0) is 19.3. The molecule has 0 aromatic heterocycles. The highest BCUT2D eigenvalue weighted by molar-refractivity contribution is 4.84. The Morgan fingerprint density at radius 3 is 1.42 bits per heavy atom. The maximum atomic E-state index is 6.23. The maximum Gasteiger partial charge on any atom is 0.162 e. The Hall–Kier alpha value is -0.0800. The molecule has 26 heavy (non-hydrogen) atoms. The highest BCUT2D eigenvalue weighted by Crippen LogP contribution is 2.39. The van der Waals surface area contributed by atoms with Crippen LogP contribution < -0.4 is 0 Å². The van der Waals surface area contributed by atoms with Crippen molar-refractivity contribution in [3.63, 3.8) is 0 Å². The minimum Gasteiger partial charge on any atom is -0.351 e. The lowest BCUT2D eigenvalue weighted by Crippen LogP contribution is -2.46. The van der Waals surface area contributed by atoms with Gasteiger partial charge < -0.3 is 9.47 Å². The van der Waals surface area contributed by atoms with E-state index in [1.54, 1.807) is 0 Å². The molecule has 0 bridgehead atoms. The van der Waals surface area contributed by atoms with Crippen molar-refractivity contribution in [2.24, 2.45) is 10.8 Å². The summed E-state index contributed by atoms with van der Waals surface area (Å²) in [7, 11) is 0. The fourth-order valence-electron chi connectivity index (χ4n) is 4.07. The molecule has 1 aliphatic heterocycles. The molecule has 1 aliphatic rings. The molecule has 1 rings (SSSR count). The molecule has 1 heterocycles. The van der Waals surface area contributed by atoms with Crippen LogP contribution in [0.25, 0.3) is 0 Å². The molecule has 0 aromatic rings. The summed E-state index contributed by atoms with van der Waals surface area (Å²) in [6, 6.07) is 0. The van der Waals surface area contributed by atoms with Gasteiger partial charge in [-0.2, -0.15) is 0 Å². The van der Waals surface area contributed by atoms with Crippen molar-refractivity contribution in [2.75, 3.05) is 13.2 Å². The Morgan fingerprint density at radius 2 is 1.04 bits per heavy atom. The summed E-state index contributed by atoms with van der Waals surface area (Å²) >= 11 is 0. The Labute approximate surface area is 164 Å². The molecule has 0 radical (unpaired) electrons. The van der Waals surface area contributed by atoms with Gasteiger partial charge in [0.15, 0.2) is 6.29 Å². The molecule has 0 spiro atoms. The lowest BCUT2D eigenvalue weighted by molar-refractivity contribution is -0.268. The van der Waals surface area contributed by atoms with Crippen molar-refractivity contribution in [3.05, 3.63) is 0 Å². The van der Waals surface area contributed by atoms with Crippen LogP contribution >= 0.6 is 0 Å². The van der Waals surface area contributed by atoms with E-state index in [0.717, 1.165) is 13.2 Å². The Morgan fingerprint density at radius 1 is 0.654 bits per heavy atom. The standard InChI is InChI=1S/C24H48O2/c1-6-8-10-12-14-16-18-24(19-17-15-13-11-9-7-2)20-25-22(26-21-24)23(3,4)5/h22H,6-21H2,1-5H3. The zero-order valence-corrected chi connectivity index (χ0v) is 18.7. The molecule has 2 heteroatoms. The number of hydrogen-bond acceptors (Lipinski definition) is 2. The molecular weight excluding hydrogens is 320 g/mol. The van der Waals surface area contributed by atoms with Crippen molar-refractivity contribution in [2.45, 2.75) is 131 Å².